The van der Waals surface area contributed by atoms with Crippen LogP contribution in [-0.4, -0.2) is 0 Å². The number of nitrogens with two attached hydrogens (primary N) is 1. The lowest BCUT2D eigenvalue weighted by Gasteiger charge is -2.21. The van der Waals surface area contributed by atoms with E-state index in [0.717, 1.165) is 16.7 Å². The molecule has 106 valence electrons. The highest BCUT2D eigenvalue weighted by Gasteiger charge is 2.23. The smallest absolute Gasteiger partial charge is 0.132 e. The molecule has 2 rings (SSSR count). The van der Waals surface area contributed by atoms with Crippen LogP contribution in [0, 0.1) is 25.5 Å². The van der Waals surface area contributed by atoms with E-state index in [2.05, 4.69) is 21.4 Å². The van der Waals surface area contributed by atoms with Crippen LogP contribution < -0.4 is 11.3 Å². The first-order valence-corrected chi connectivity index (χ1v) is 6.91. The van der Waals surface area contributed by atoms with Crippen molar-refractivity contribution in [2.24, 2.45) is 5.84 Å². The Labute approximate surface area is 125 Å². The molecule has 2 nitrogen and oxygen atoms in total. The maximum absolute atomic E-state index is 14.1. The Hall–Kier alpha value is -1.30. The van der Waals surface area contributed by atoms with Gasteiger partial charge in [-0.25, -0.2) is 14.2 Å². The predicted molar refractivity (Wildman–Crippen MR) is 79.1 cm³/mol. The molecule has 0 bridgehead atoms. The molecule has 20 heavy (non-hydrogen) atoms. The van der Waals surface area contributed by atoms with Gasteiger partial charge in [-0.05, 0) is 37.1 Å². The molecule has 0 heterocycles. The summed E-state index contributed by atoms with van der Waals surface area (Å²) in [5.74, 6) is 4.26. The van der Waals surface area contributed by atoms with Crippen LogP contribution in [0.15, 0.2) is 34.8 Å². The zero-order chi connectivity index (χ0) is 14.9. The maximum atomic E-state index is 14.1. The van der Waals surface area contributed by atoms with Crippen LogP contribution >= 0.6 is 15.9 Å². The van der Waals surface area contributed by atoms with Gasteiger partial charge in [-0.1, -0.05) is 39.7 Å². The standard InChI is InChI=1S/C15H15BrF2N2/c1-8-3-4-9(2)11(5-8)15(20-19)14-12(17)6-10(16)7-13(14)18/h3-7,15,20H,19H2,1-2H3. The number of rotatable bonds is 3. The minimum absolute atomic E-state index is 0.0793. The molecule has 0 aliphatic carbocycles. The van der Waals surface area contributed by atoms with Crippen LogP contribution in [0.25, 0.3) is 0 Å². The monoisotopic (exact) mass is 340 g/mol. The Bertz CT molecular complexity index is 621. The van der Waals surface area contributed by atoms with Gasteiger partial charge in [0, 0.05) is 10.0 Å². The molecule has 0 aliphatic heterocycles. The second-order valence-corrected chi connectivity index (χ2v) is 5.66. The molecule has 0 spiro atoms. The SMILES string of the molecule is Cc1ccc(C)c(C(NN)c2c(F)cc(Br)cc2F)c1. The lowest BCUT2D eigenvalue weighted by atomic mass is 9.93. The lowest BCUT2D eigenvalue weighted by molar-refractivity contribution is 0.508. The normalized spacial score (nSPS) is 12.5. The summed E-state index contributed by atoms with van der Waals surface area (Å²) < 4.78 is 28.6. The van der Waals surface area contributed by atoms with E-state index in [0.29, 0.717) is 4.47 Å². The van der Waals surface area contributed by atoms with Gasteiger partial charge in [-0.15, -0.1) is 0 Å². The molecule has 0 saturated carbocycles. The molecular formula is C15H15BrF2N2. The van der Waals surface area contributed by atoms with Gasteiger partial charge in [0.25, 0.3) is 0 Å². The summed E-state index contributed by atoms with van der Waals surface area (Å²) in [4.78, 5) is 0. The van der Waals surface area contributed by atoms with Gasteiger partial charge in [-0.2, -0.15) is 0 Å². The highest BCUT2D eigenvalue weighted by Crippen LogP contribution is 2.30. The van der Waals surface area contributed by atoms with Crippen LogP contribution in [-0.2, 0) is 0 Å². The minimum Gasteiger partial charge on any atom is -0.271 e. The number of benzene rings is 2. The molecule has 3 N–H and O–H groups in total. The van der Waals surface area contributed by atoms with Gasteiger partial charge >= 0.3 is 0 Å². The molecule has 1 unspecified atom stereocenters. The van der Waals surface area contributed by atoms with Crippen LogP contribution in [0.2, 0.25) is 0 Å². The fourth-order valence-electron chi connectivity index (χ4n) is 2.23. The molecule has 0 aromatic heterocycles. The molecule has 2 aromatic rings. The Morgan fingerprint density at radius 3 is 2.25 bits per heavy atom. The van der Waals surface area contributed by atoms with Crippen LogP contribution in [0.4, 0.5) is 8.78 Å². The van der Waals surface area contributed by atoms with E-state index in [1.807, 2.05) is 32.0 Å². The predicted octanol–water partition coefficient (Wildman–Crippen LogP) is 3.90. The van der Waals surface area contributed by atoms with E-state index in [9.17, 15) is 8.78 Å². The van der Waals surface area contributed by atoms with Crippen molar-refractivity contribution < 1.29 is 8.78 Å². The highest BCUT2D eigenvalue weighted by atomic mass is 79.9. The third-order valence-electron chi connectivity index (χ3n) is 3.24. The van der Waals surface area contributed by atoms with Crippen molar-refractivity contribution >= 4 is 15.9 Å². The summed E-state index contributed by atoms with van der Waals surface area (Å²) >= 11 is 3.07. The Morgan fingerprint density at radius 1 is 1.10 bits per heavy atom. The summed E-state index contributed by atoms with van der Waals surface area (Å²) in [5.41, 5.74) is 5.11. The minimum atomic E-state index is -0.733. The number of halogens is 3. The van der Waals surface area contributed by atoms with Crippen molar-refractivity contribution in [3.63, 3.8) is 0 Å². The Kier molecular flexibility index (Phi) is 4.52. The van der Waals surface area contributed by atoms with Gasteiger partial charge in [0.1, 0.15) is 11.6 Å². The largest absolute Gasteiger partial charge is 0.271 e. The van der Waals surface area contributed by atoms with Crippen LogP contribution in [0.3, 0.4) is 0 Å². The van der Waals surface area contributed by atoms with Crippen molar-refractivity contribution in [3.8, 4) is 0 Å². The van der Waals surface area contributed by atoms with E-state index in [1.165, 1.54) is 12.1 Å². The molecule has 0 fully saturated rings. The maximum Gasteiger partial charge on any atom is 0.132 e. The number of hydrogen-bond acceptors (Lipinski definition) is 2. The number of aryl methyl sites for hydroxylation is 2. The molecule has 5 heteroatoms. The summed E-state index contributed by atoms with van der Waals surface area (Å²) in [7, 11) is 0. The molecule has 0 radical (unpaired) electrons. The topological polar surface area (TPSA) is 38.0 Å². The second-order valence-electron chi connectivity index (χ2n) is 4.74. The molecule has 2 aromatic carbocycles. The number of hydrazine groups is 1. The third-order valence-corrected chi connectivity index (χ3v) is 3.70. The van der Waals surface area contributed by atoms with Crippen molar-refractivity contribution in [3.05, 3.63) is 68.7 Å². The van der Waals surface area contributed by atoms with Gasteiger partial charge in [0.05, 0.1) is 6.04 Å². The third kappa shape index (κ3) is 2.90. The van der Waals surface area contributed by atoms with Gasteiger partial charge in [-0.3, -0.25) is 5.84 Å². The quantitative estimate of drug-likeness (QED) is 0.656. The first-order chi connectivity index (χ1) is 9.43. The van der Waals surface area contributed by atoms with E-state index in [1.54, 1.807) is 0 Å². The van der Waals surface area contributed by atoms with Crippen LogP contribution in [0.5, 0.6) is 0 Å². The second kappa shape index (κ2) is 5.99. The van der Waals surface area contributed by atoms with Crippen molar-refractivity contribution in [1.29, 1.82) is 0 Å². The number of hydrogen-bond donors (Lipinski definition) is 2. The molecule has 1 atom stereocenters. The summed E-state index contributed by atoms with van der Waals surface area (Å²) in [5, 5.41) is 0. The van der Waals surface area contributed by atoms with Gasteiger partial charge < -0.3 is 0 Å². The van der Waals surface area contributed by atoms with Crippen LogP contribution in [0.1, 0.15) is 28.3 Å². The van der Waals surface area contributed by atoms with Crippen molar-refractivity contribution in [1.82, 2.24) is 5.43 Å². The first-order valence-electron chi connectivity index (χ1n) is 6.11. The van der Waals surface area contributed by atoms with E-state index < -0.39 is 17.7 Å². The van der Waals surface area contributed by atoms with Crippen molar-refractivity contribution in [2.75, 3.05) is 0 Å². The fourth-order valence-corrected chi connectivity index (χ4v) is 2.63. The lowest BCUT2D eigenvalue weighted by Crippen LogP contribution is -2.31. The van der Waals surface area contributed by atoms with E-state index >= 15 is 0 Å². The fraction of sp³-hybridized carbons (Fsp3) is 0.200. The van der Waals surface area contributed by atoms with Gasteiger partial charge in [0.2, 0.25) is 0 Å². The Morgan fingerprint density at radius 2 is 1.70 bits per heavy atom. The summed E-state index contributed by atoms with van der Waals surface area (Å²) in [6.45, 7) is 3.80. The average molecular weight is 341 g/mol. The molecule has 0 saturated heterocycles. The van der Waals surface area contributed by atoms with Crippen molar-refractivity contribution in [2.45, 2.75) is 19.9 Å². The van der Waals surface area contributed by atoms with E-state index in [4.69, 9.17) is 5.84 Å². The highest BCUT2D eigenvalue weighted by molar-refractivity contribution is 9.10. The summed E-state index contributed by atoms with van der Waals surface area (Å²) in [6, 6.07) is 7.45. The first kappa shape index (κ1) is 15.1. The zero-order valence-corrected chi connectivity index (χ0v) is 12.8. The average Bonchev–Trinajstić information content (AvgIpc) is 2.37. The Balaban J connectivity index is 2.61. The zero-order valence-electron chi connectivity index (χ0n) is 11.2. The van der Waals surface area contributed by atoms with E-state index in [-0.39, 0.29) is 5.56 Å². The molecular weight excluding hydrogens is 326 g/mol. The summed E-state index contributed by atoms with van der Waals surface area (Å²) in [6.07, 6.45) is 0. The molecule has 0 aliphatic rings. The molecule has 0 amide bonds. The van der Waals surface area contributed by atoms with Gasteiger partial charge in [0.15, 0.2) is 0 Å². The number of nitrogens with one attached hydrogen (secondary N) is 1.